The second kappa shape index (κ2) is 6.43. The van der Waals surface area contributed by atoms with Gasteiger partial charge in [-0.25, -0.2) is 4.79 Å². The molecule has 1 N–H and O–H groups in total. The number of carbonyl (C=O) groups is 1. The first kappa shape index (κ1) is 13.7. The first-order chi connectivity index (χ1) is 9.19. The molecule has 1 aromatic rings. The van der Waals surface area contributed by atoms with Crippen molar-refractivity contribution in [3.63, 3.8) is 0 Å². The first-order valence-corrected chi connectivity index (χ1v) is 6.35. The molecule has 1 saturated heterocycles. The van der Waals surface area contributed by atoms with Crippen molar-refractivity contribution in [2.45, 2.75) is 19.4 Å². The predicted octanol–water partition coefficient (Wildman–Crippen LogP) is 1.67. The molecule has 1 aliphatic rings. The fourth-order valence-electron chi connectivity index (χ4n) is 1.76. The average molecular weight is 265 g/mol. The zero-order valence-electron chi connectivity index (χ0n) is 11.3. The van der Waals surface area contributed by atoms with E-state index in [1.54, 1.807) is 0 Å². The highest BCUT2D eigenvalue weighted by molar-refractivity contribution is 5.66. The van der Waals surface area contributed by atoms with Crippen LogP contribution in [0.2, 0.25) is 0 Å². The van der Waals surface area contributed by atoms with Crippen LogP contribution in [-0.2, 0) is 15.9 Å². The Balaban J connectivity index is 1.81. The van der Waals surface area contributed by atoms with Crippen LogP contribution in [0.25, 0.3) is 0 Å². The normalized spacial score (nSPS) is 16.8. The number of alkyl carbamates (subject to hydrolysis) is 1. The second-order valence-corrected chi connectivity index (χ2v) is 4.53. The number of hydrogen-bond donors (Lipinski definition) is 1. The zero-order chi connectivity index (χ0) is 13.7. The van der Waals surface area contributed by atoms with Crippen molar-refractivity contribution in [1.82, 2.24) is 5.32 Å². The van der Waals surface area contributed by atoms with E-state index in [4.69, 9.17) is 9.47 Å². The molecular weight excluding hydrogens is 246 g/mol. The molecular formula is C14H19NO4. The molecule has 104 valence electrons. The molecule has 2 rings (SSSR count). The van der Waals surface area contributed by atoms with E-state index in [9.17, 15) is 4.79 Å². The van der Waals surface area contributed by atoms with E-state index >= 15 is 0 Å². The highest BCUT2D eigenvalue weighted by Crippen LogP contribution is 2.21. The van der Waals surface area contributed by atoms with Crippen molar-refractivity contribution in [2.24, 2.45) is 0 Å². The molecule has 1 amide bonds. The monoisotopic (exact) mass is 265 g/mol. The summed E-state index contributed by atoms with van der Waals surface area (Å²) in [6.45, 7) is 3.99. The van der Waals surface area contributed by atoms with Crippen LogP contribution in [0.1, 0.15) is 11.1 Å². The van der Waals surface area contributed by atoms with E-state index < -0.39 is 6.09 Å². The third-order valence-electron chi connectivity index (χ3n) is 2.93. The molecule has 0 spiro atoms. The second-order valence-electron chi connectivity index (χ2n) is 4.53. The summed E-state index contributed by atoms with van der Waals surface area (Å²) >= 11 is 0. The maximum atomic E-state index is 10.9. The van der Waals surface area contributed by atoms with Crippen LogP contribution >= 0.6 is 0 Å². The van der Waals surface area contributed by atoms with Gasteiger partial charge in [0.15, 0.2) is 0 Å². The number of benzene rings is 1. The van der Waals surface area contributed by atoms with Gasteiger partial charge in [-0.15, -0.1) is 0 Å². The van der Waals surface area contributed by atoms with Crippen molar-refractivity contribution >= 4 is 6.09 Å². The summed E-state index contributed by atoms with van der Waals surface area (Å²) in [7, 11) is 1.36. The Bertz CT molecular complexity index is 443. The van der Waals surface area contributed by atoms with Gasteiger partial charge < -0.3 is 19.5 Å². The van der Waals surface area contributed by atoms with Crippen LogP contribution in [0.5, 0.6) is 5.75 Å². The molecule has 1 heterocycles. The SMILES string of the molecule is COC(=O)NCCc1ccc(OCC2CO2)c(C)c1. The van der Waals surface area contributed by atoms with E-state index in [1.807, 2.05) is 19.1 Å². The lowest BCUT2D eigenvalue weighted by atomic mass is 10.1. The van der Waals surface area contributed by atoms with E-state index in [1.165, 1.54) is 7.11 Å². The lowest BCUT2D eigenvalue weighted by molar-refractivity contribution is 0.171. The smallest absolute Gasteiger partial charge is 0.406 e. The molecule has 5 heteroatoms. The minimum Gasteiger partial charge on any atom is -0.491 e. The van der Waals surface area contributed by atoms with Crippen LogP contribution in [-0.4, -0.2) is 39.1 Å². The van der Waals surface area contributed by atoms with Crippen LogP contribution < -0.4 is 10.1 Å². The van der Waals surface area contributed by atoms with Crippen molar-refractivity contribution in [1.29, 1.82) is 0 Å². The number of ether oxygens (including phenoxy) is 3. The first-order valence-electron chi connectivity index (χ1n) is 6.35. The number of aryl methyl sites for hydroxylation is 1. The van der Waals surface area contributed by atoms with Crippen molar-refractivity contribution in [2.75, 3.05) is 26.9 Å². The molecule has 0 aliphatic carbocycles. The van der Waals surface area contributed by atoms with Gasteiger partial charge in [0.2, 0.25) is 0 Å². The molecule has 1 atom stereocenters. The number of rotatable bonds is 6. The van der Waals surface area contributed by atoms with E-state index in [-0.39, 0.29) is 6.10 Å². The maximum Gasteiger partial charge on any atom is 0.406 e. The average Bonchev–Trinajstić information content (AvgIpc) is 3.21. The fraction of sp³-hybridized carbons (Fsp3) is 0.500. The number of epoxide rings is 1. The molecule has 1 aromatic carbocycles. The number of hydrogen-bond acceptors (Lipinski definition) is 4. The number of carbonyl (C=O) groups excluding carboxylic acids is 1. The topological polar surface area (TPSA) is 60.1 Å². The number of nitrogens with one attached hydrogen (secondary N) is 1. The van der Waals surface area contributed by atoms with Gasteiger partial charge >= 0.3 is 6.09 Å². The minimum absolute atomic E-state index is 0.267. The highest BCUT2D eigenvalue weighted by atomic mass is 16.6. The summed E-state index contributed by atoms with van der Waals surface area (Å²) in [4.78, 5) is 10.9. The Kier molecular flexibility index (Phi) is 4.63. The Morgan fingerprint density at radius 3 is 2.95 bits per heavy atom. The summed E-state index contributed by atoms with van der Waals surface area (Å²) in [5, 5.41) is 2.65. The lowest BCUT2D eigenvalue weighted by Crippen LogP contribution is -2.25. The zero-order valence-corrected chi connectivity index (χ0v) is 11.3. The summed E-state index contributed by atoms with van der Waals surface area (Å²) in [5.41, 5.74) is 2.25. The summed E-state index contributed by atoms with van der Waals surface area (Å²) < 4.78 is 15.3. The maximum absolute atomic E-state index is 10.9. The van der Waals surface area contributed by atoms with Gasteiger partial charge in [-0.1, -0.05) is 12.1 Å². The number of amides is 1. The molecule has 19 heavy (non-hydrogen) atoms. The quantitative estimate of drug-likeness (QED) is 0.795. The van der Waals surface area contributed by atoms with Crippen LogP contribution in [0.3, 0.4) is 0 Å². The third-order valence-corrected chi connectivity index (χ3v) is 2.93. The standard InChI is InChI=1S/C14H19NO4/c1-10-7-11(5-6-15-14(16)17-2)3-4-13(10)19-9-12-8-18-12/h3-4,7,12H,5-6,8-9H2,1-2H3,(H,15,16). The van der Waals surface area contributed by atoms with Gasteiger partial charge in [-0.05, 0) is 30.5 Å². The summed E-state index contributed by atoms with van der Waals surface area (Å²) in [6, 6.07) is 6.04. The lowest BCUT2D eigenvalue weighted by Gasteiger charge is -2.10. The minimum atomic E-state index is -0.402. The van der Waals surface area contributed by atoms with Gasteiger partial charge in [-0.3, -0.25) is 0 Å². The van der Waals surface area contributed by atoms with Gasteiger partial charge in [0.1, 0.15) is 18.5 Å². The van der Waals surface area contributed by atoms with E-state index in [0.29, 0.717) is 13.2 Å². The molecule has 1 unspecified atom stereocenters. The van der Waals surface area contributed by atoms with Gasteiger partial charge in [0.05, 0.1) is 13.7 Å². The molecule has 1 aliphatic heterocycles. The molecule has 0 radical (unpaired) electrons. The Hall–Kier alpha value is -1.75. The number of methoxy groups -OCH3 is 1. The van der Waals surface area contributed by atoms with Crippen molar-refractivity contribution in [3.8, 4) is 5.75 Å². The van der Waals surface area contributed by atoms with Gasteiger partial charge in [0, 0.05) is 6.54 Å². The third kappa shape index (κ3) is 4.44. The molecule has 1 fully saturated rings. The summed E-state index contributed by atoms with van der Waals surface area (Å²) in [6.07, 6.45) is 0.631. The highest BCUT2D eigenvalue weighted by Gasteiger charge is 2.23. The van der Waals surface area contributed by atoms with Gasteiger partial charge in [0.25, 0.3) is 0 Å². The van der Waals surface area contributed by atoms with Crippen LogP contribution in [0.15, 0.2) is 18.2 Å². The van der Waals surface area contributed by atoms with E-state index in [2.05, 4.69) is 16.1 Å². The predicted molar refractivity (Wildman–Crippen MR) is 70.5 cm³/mol. The van der Waals surface area contributed by atoms with Crippen LogP contribution in [0, 0.1) is 6.92 Å². The van der Waals surface area contributed by atoms with Crippen LogP contribution in [0.4, 0.5) is 4.79 Å². The summed E-state index contributed by atoms with van der Waals surface area (Å²) in [5.74, 6) is 0.889. The largest absolute Gasteiger partial charge is 0.491 e. The van der Waals surface area contributed by atoms with Crippen molar-refractivity contribution in [3.05, 3.63) is 29.3 Å². The Labute approximate surface area is 112 Å². The van der Waals surface area contributed by atoms with Crippen molar-refractivity contribution < 1.29 is 19.0 Å². The molecule has 0 bridgehead atoms. The Morgan fingerprint density at radius 2 is 2.32 bits per heavy atom. The fourth-order valence-corrected chi connectivity index (χ4v) is 1.76. The molecule has 0 saturated carbocycles. The van der Waals surface area contributed by atoms with Gasteiger partial charge in [-0.2, -0.15) is 0 Å². The molecule has 5 nitrogen and oxygen atoms in total. The Morgan fingerprint density at radius 1 is 1.53 bits per heavy atom. The molecule has 0 aromatic heterocycles. The van der Waals surface area contributed by atoms with E-state index in [0.717, 1.165) is 29.9 Å².